The van der Waals surface area contributed by atoms with Gasteiger partial charge in [0.2, 0.25) is 6.08 Å². The average molecular weight is 561 g/mol. The van der Waals surface area contributed by atoms with Gasteiger partial charge in [0.15, 0.2) is 0 Å². The van der Waals surface area contributed by atoms with Gasteiger partial charge in [-0.3, -0.25) is 0 Å². The third kappa shape index (κ3) is 33.1. The molecule has 0 aliphatic rings. The Hall–Kier alpha value is -0.910. The molecule has 0 bridgehead atoms. The number of alkyl carbamates (subject to hydrolysis) is 1. The number of halogens is 6. The second-order valence-electron chi connectivity index (χ2n) is 8.70. The Kier molecular flexibility index (Phi) is 18.2. The van der Waals surface area contributed by atoms with E-state index in [9.17, 15) is 34.8 Å². The van der Waals surface area contributed by atoms with Crippen LogP contribution in [0, 0.1) is 0 Å². The van der Waals surface area contributed by atoms with E-state index in [0.29, 0.717) is 19.7 Å². The molecular weight excluding hydrogens is 516 g/mol. The van der Waals surface area contributed by atoms with Crippen LogP contribution in [0.15, 0.2) is 4.99 Å². The van der Waals surface area contributed by atoms with Gasteiger partial charge in [0.05, 0.1) is 31.2 Å². The number of isocyanates is 1. The molecule has 0 radical (unpaired) electrons. The van der Waals surface area contributed by atoms with Crippen molar-refractivity contribution >= 4 is 27.2 Å². The fraction of sp³-hybridized carbons (Fsp3) is 0.909. The van der Waals surface area contributed by atoms with Gasteiger partial charge < -0.3 is 10.1 Å². The van der Waals surface area contributed by atoms with Crippen molar-refractivity contribution < 1.29 is 39.5 Å². The fourth-order valence-electron chi connectivity index (χ4n) is 3.44. The molecule has 5 nitrogen and oxygen atoms in total. The van der Waals surface area contributed by atoms with Crippen molar-refractivity contribution in [2.24, 2.45) is 4.99 Å². The minimum absolute atomic E-state index is 0.273. The Morgan fingerprint density at radius 3 is 1.69 bits per heavy atom. The standard InChI is InChI=1S/C22H43N2O3P.F6P/c1-4-7-17-28(18-8-5-2,19-9-6-3)20-16-27-22(26)24-15-13-11-10-12-14-23-21-25;1-7(2,3,4,5)6/h4-20H2,1-3H3;/q;-1/p+1. The predicted molar refractivity (Wildman–Crippen MR) is 135 cm³/mol. The molecule has 0 atom stereocenters. The summed E-state index contributed by atoms with van der Waals surface area (Å²) in [6.45, 7) is 8.59. The van der Waals surface area contributed by atoms with Crippen molar-refractivity contribution in [1.29, 1.82) is 0 Å². The minimum atomic E-state index is -10.7. The Morgan fingerprint density at radius 1 is 0.800 bits per heavy atom. The number of amides is 1. The molecule has 0 unspecified atom stereocenters. The van der Waals surface area contributed by atoms with Crippen LogP contribution in [0.3, 0.4) is 0 Å². The van der Waals surface area contributed by atoms with E-state index < -0.39 is 15.1 Å². The first-order valence-electron chi connectivity index (χ1n) is 12.4. The number of unbranched alkanes of at least 4 members (excludes halogenated alkanes) is 6. The molecule has 35 heavy (non-hydrogen) atoms. The summed E-state index contributed by atoms with van der Waals surface area (Å²) < 4.78 is 64.7. The van der Waals surface area contributed by atoms with E-state index in [-0.39, 0.29) is 6.09 Å². The van der Waals surface area contributed by atoms with Crippen LogP contribution in [0.1, 0.15) is 85.0 Å². The molecule has 0 aliphatic carbocycles. The van der Waals surface area contributed by atoms with Crippen molar-refractivity contribution in [3.63, 3.8) is 0 Å². The molecule has 0 aromatic rings. The Balaban J connectivity index is 0. The molecule has 212 valence electrons. The summed E-state index contributed by atoms with van der Waals surface area (Å²) in [4.78, 5) is 25.5. The summed E-state index contributed by atoms with van der Waals surface area (Å²) in [5.41, 5.74) is 0. The molecule has 0 saturated heterocycles. The van der Waals surface area contributed by atoms with Crippen LogP contribution in [0.4, 0.5) is 30.0 Å². The van der Waals surface area contributed by atoms with Crippen molar-refractivity contribution in [3.8, 4) is 0 Å². The summed E-state index contributed by atoms with van der Waals surface area (Å²) in [5.74, 6) is 0. The number of rotatable bonds is 19. The average Bonchev–Trinajstić information content (AvgIpc) is 2.74. The van der Waals surface area contributed by atoms with Gasteiger partial charge in [-0.2, -0.15) is 0 Å². The first kappa shape index (κ1) is 36.2. The van der Waals surface area contributed by atoms with Crippen LogP contribution in [0.2, 0.25) is 0 Å². The number of nitrogens with zero attached hydrogens (tertiary/aromatic N) is 1. The van der Waals surface area contributed by atoms with Crippen molar-refractivity contribution in [1.82, 2.24) is 5.32 Å². The molecule has 1 N–H and O–H groups in total. The van der Waals surface area contributed by atoms with E-state index in [1.165, 1.54) is 57.0 Å². The van der Waals surface area contributed by atoms with E-state index in [1.807, 2.05) is 0 Å². The van der Waals surface area contributed by atoms with Gasteiger partial charge in [0.25, 0.3) is 0 Å². The Bertz CT molecular complexity index is 582. The molecule has 0 saturated carbocycles. The maximum absolute atomic E-state index is 12.0. The Labute approximate surface area is 206 Å². The topological polar surface area (TPSA) is 67.8 Å². The zero-order valence-corrected chi connectivity index (χ0v) is 23.1. The number of carbonyl (C=O) groups excluding carboxylic acids is 2. The first-order valence-corrected chi connectivity index (χ1v) is 17.0. The third-order valence-electron chi connectivity index (χ3n) is 5.29. The van der Waals surface area contributed by atoms with Crippen LogP contribution in [-0.4, -0.2) is 56.5 Å². The summed E-state index contributed by atoms with van der Waals surface area (Å²) in [6.07, 6.45) is 18.0. The van der Waals surface area contributed by atoms with Crippen LogP contribution in [0.25, 0.3) is 0 Å². The van der Waals surface area contributed by atoms with Crippen LogP contribution in [0.5, 0.6) is 0 Å². The molecule has 1 amide bonds. The summed E-state index contributed by atoms with van der Waals surface area (Å²) >= 11 is 0. The molecular formula is C22H44F6N2O3P2. The quantitative estimate of drug-likeness (QED) is 0.0563. The van der Waals surface area contributed by atoms with Gasteiger partial charge in [0, 0.05) is 13.8 Å². The summed E-state index contributed by atoms with van der Waals surface area (Å²) in [5, 5.41) is 2.87. The molecule has 0 aromatic heterocycles. The van der Waals surface area contributed by atoms with Gasteiger partial charge in [-0.25, -0.2) is 14.6 Å². The zero-order chi connectivity index (χ0) is 27.3. The maximum atomic E-state index is 12.0. The van der Waals surface area contributed by atoms with Gasteiger partial charge in [-0.15, -0.1) is 0 Å². The predicted octanol–water partition coefficient (Wildman–Crippen LogP) is 9.41. The van der Waals surface area contributed by atoms with Crippen molar-refractivity contribution in [3.05, 3.63) is 0 Å². The van der Waals surface area contributed by atoms with E-state index in [2.05, 4.69) is 31.1 Å². The number of nitrogens with one attached hydrogen (secondary N) is 1. The number of hydrogen-bond acceptors (Lipinski definition) is 4. The molecule has 0 rings (SSSR count). The molecule has 0 aromatic carbocycles. The van der Waals surface area contributed by atoms with E-state index >= 15 is 0 Å². The summed E-state index contributed by atoms with van der Waals surface area (Å²) in [6, 6.07) is 0. The second-order valence-corrected chi connectivity index (χ2v) is 15.1. The van der Waals surface area contributed by atoms with Gasteiger partial charge >= 0.3 is 39.1 Å². The Morgan fingerprint density at radius 2 is 1.26 bits per heavy atom. The fourth-order valence-corrected chi connectivity index (χ4v) is 8.22. The second kappa shape index (κ2) is 17.5. The number of ether oxygens (including phenoxy) is 1. The normalized spacial score (nSPS) is 13.5. The van der Waals surface area contributed by atoms with Crippen LogP contribution >= 0.6 is 15.1 Å². The molecule has 0 aliphatic heterocycles. The monoisotopic (exact) mass is 560 g/mol. The van der Waals surface area contributed by atoms with Crippen molar-refractivity contribution in [2.75, 3.05) is 44.3 Å². The van der Waals surface area contributed by atoms with E-state index in [0.717, 1.165) is 31.8 Å². The SMILES string of the molecule is CCCC[P+](CCCC)(CCCC)CCOC(=O)NCCCCCCN=C=O.F[P-](F)(F)(F)(F)F. The number of aliphatic imine (C=N–C) groups is 1. The van der Waals surface area contributed by atoms with Gasteiger partial charge in [-0.1, -0.05) is 52.9 Å². The number of hydrogen-bond donors (Lipinski definition) is 1. The number of carbonyl (C=O) groups is 1. The zero-order valence-electron chi connectivity index (χ0n) is 21.4. The van der Waals surface area contributed by atoms with Crippen LogP contribution < -0.4 is 5.32 Å². The van der Waals surface area contributed by atoms with E-state index in [1.54, 1.807) is 6.08 Å². The molecule has 0 fully saturated rings. The summed E-state index contributed by atoms with van der Waals surface area (Å²) in [7, 11) is -11.7. The van der Waals surface area contributed by atoms with Gasteiger partial charge in [-0.05, 0) is 32.1 Å². The van der Waals surface area contributed by atoms with E-state index in [4.69, 9.17) is 4.74 Å². The van der Waals surface area contributed by atoms with Crippen LogP contribution in [-0.2, 0) is 9.53 Å². The van der Waals surface area contributed by atoms with Crippen molar-refractivity contribution in [2.45, 2.75) is 85.0 Å². The van der Waals surface area contributed by atoms with Gasteiger partial charge in [0.1, 0.15) is 6.61 Å². The third-order valence-corrected chi connectivity index (χ3v) is 10.2. The molecule has 0 spiro atoms. The molecule has 13 heteroatoms. The first-order chi connectivity index (χ1) is 16.1. The molecule has 0 heterocycles.